The molecule has 2 heterocycles. The van der Waals surface area contributed by atoms with E-state index in [-0.39, 0.29) is 0 Å². The number of rotatable bonds is 6. The lowest BCUT2D eigenvalue weighted by Gasteiger charge is -2.09. The minimum atomic E-state index is -4.65. The lowest BCUT2D eigenvalue weighted by Crippen LogP contribution is -2.29. The van der Waals surface area contributed by atoms with Crippen LogP contribution < -0.4 is 15.8 Å². The first-order valence-corrected chi connectivity index (χ1v) is 9.36. The third-order valence-corrected chi connectivity index (χ3v) is 4.33. The Morgan fingerprint density at radius 3 is 2.72 bits per heavy atom. The normalized spacial score (nSPS) is 12.9. The van der Waals surface area contributed by atoms with Gasteiger partial charge in [-0.05, 0) is 31.3 Å². The minimum Gasteiger partial charge on any atom is -0.439 e. The van der Waals surface area contributed by atoms with Gasteiger partial charge in [0.25, 0.3) is 0 Å². The molecule has 3 aromatic rings. The van der Waals surface area contributed by atoms with Gasteiger partial charge in [0.05, 0.1) is 17.6 Å². The maximum atomic E-state index is 12.8. The summed E-state index contributed by atoms with van der Waals surface area (Å²) in [4.78, 5) is 27.4. The molecular formula is C20H20F3N7O2. The van der Waals surface area contributed by atoms with E-state index in [0.29, 0.717) is 29.1 Å². The molecule has 0 aliphatic heterocycles. The Labute approximate surface area is 180 Å². The summed E-state index contributed by atoms with van der Waals surface area (Å²) in [7, 11) is 2.80. The second-order valence-corrected chi connectivity index (χ2v) is 6.62. The number of nitrogens with one attached hydrogen (secondary N) is 1. The van der Waals surface area contributed by atoms with E-state index in [1.54, 1.807) is 37.4 Å². The molecule has 0 aliphatic carbocycles. The zero-order valence-corrected chi connectivity index (χ0v) is 17.2. The zero-order valence-electron chi connectivity index (χ0n) is 17.2. The standard InChI is InChI=1S/C20H20F3N7O2/c1-25-10-13-8-18(28-11-27-13)32-14-3-4-15-12(7-14)5-6-30(15)19(31)29-17(24)9-16(26-2)20(21,22)23/h3-8,11,25H,9-10H2,1-2H3,(H2,24,29,31). The highest BCUT2D eigenvalue weighted by Gasteiger charge is 2.35. The molecule has 168 valence electrons. The summed E-state index contributed by atoms with van der Waals surface area (Å²) >= 11 is 0. The fourth-order valence-electron chi connectivity index (χ4n) is 2.88. The Kier molecular flexibility index (Phi) is 6.83. The Balaban J connectivity index is 1.78. The second-order valence-electron chi connectivity index (χ2n) is 6.62. The monoisotopic (exact) mass is 447 g/mol. The van der Waals surface area contributed by atoms with Gasteiger partial charge in [-0.3, -0.25) is 9.56 Å². The van der Waals surface area contributed by atoms with Crippen molar-refractivity contribution in [3.8, 4) is 11.6 Å². The van der Waals surface area contributed by atoms with E-state index >= 15 is 0 Å². The van der Waals surface area contributed by atoms with Crippen LogP contribution >= 0.6 is 0 Å². The van der Waals surface area contributed by atoms with Crippen molar-refractivity contribution in [3.63, 3.8) is 0 Å². The molecule has 0 aliphatic rings. The number of nitrogens with two attached hydrogens (primary N) is 1. The van der Waals surface area contributed by atoms with Crippen molar-refractivity contribution in [2.45, 2.75) is 19.1 Å². The summed E-state index contributed by atoms with van der Waals surface area (Å²) in [6.07, 6.45) is -2.59. The van der Waals surface area contributed by atoms with Crippen LogP contribution in [0, 0.1) is 0 Å². The van der Waals surface area contributed by atoms with E-state index < -0.39 is 30.2 Å². The molecule has 0 saturated heterocycles. The predicted molar refractivity (Wildman–Crippen MR) is 113 cm³/mol. The Hall–Kier alpha value is -3.80. The maximum Gasteiger partial charge on any atom is 0.429 e. The molecule has 3 N–H and O–H groups in total. The van der Waals surface area contributed by atoms with Crippen LogP contribution in [0.3, 0.4) is 0 Å². The number of aromatic nitrogens is 3. The van der Waals surface area contributed by atoms with Crippen LogP contribution in [0.25, 0.3) is 10.9 Å². The zero-order chi connectivity index (χ0) is 23.3. The molecule has 1 amide bonds. The number of alkyl halides is 3. The van der Waals surface area contributed by atoms with Gasteiger partial charge >= 0.3 is 12.2 Å². The van der Waals surface area contributed by atoms with Gasteiger partial charge in [0, 0.05) is 31.2 Å². The van der Waals surface area contributed by atoms with Crippen LogP contribution in [0.1, 0.15) is 12.1 Å². The van der Waals surface area contributed by atoms with Crippen LogP contribution in [0.4, 0.5) is 18.0 Å². The van der Waals surface area contributed by atoms with Gasteiger partial charge in [-0.15, -0.1) is 0 Å². The van der Waals surface area contributed by atoms with Gasteiger partial charge in [-0.2, -0.15) is 18.2 Å². The first kappa shape index (κ1) is 22.9. The van der Waals surface area contributed by atoms with Crippen molar-refractivity contribution < 1.29 is 22.7 Å². The topological polar surface area (TPSA) is 120 Å². The number of benzene rings is 1. The molecule has 0 radical (unpaired) electrons. The van der Waals surface area contributed by atoms with Crippen LogP contribution in [0.15, 0.2) is 52.8 Å². The van der Waals surface area contributed by atoms with E-state index in [9.17, 15) is 18.0 Å². The van der Waals surface area contributed by atoms with Crippen molar-refractivity contribution >= 4 is 28.5 Å². The number of hydrogen-bond donors (Lipinski definition) is 2. The lowest BCUT2D eigenvalue weighted by molar-refractivity contribution is -0.0598. The van der Waals surface area contributed by atoms with Crippen LogP contribution in [0.5, 0.6) is 11.6 Å². The molecule has 0 atom stereocenters. The Morgan fingerprint density at radius 1 is 1.25 bits per heavy atom. The number of fused-ring (bicyclic) bond motifs is 1. The fraction of sp³-hybridized carbons (Fsp3) is 0.250. The number of hydrogen-bond acceptors (Lipinski definition) is 6. The number of nitrogens with zero attached hydrogens (tertiary/aromatic N) is 5. The number of carbonyl (C=O) groups excluding carboxylic acids is 1. The predicted octanol–water partition coefficient (Wildman–Crippen LogP) is 3.29. The first-order chi connectivity index (χ1) is 15.2. The summed E-state index contributed by atoms with van der Waals surface area (Å²) in [5.74, 6) is 0.347. The van der Waals surface area contributed by atoms with E-state index in [1.807, 2.05) is 0 Å². The van der Waals surface area contributed by atoms with Gasteiger partial charge in [0.1, 0.15) is 23.6 Å². The second kappa shape index (κ2) is 9.56. The molecule has 32 heavy (non-hydrogen) atoms. The number of ether oxygens (including phenoxy) is 1. The molecule has 0 spiro atoms. The highest BCUT2D eigenvalue weighted by atomic mass is 19.4. The number of amides is 1. The van der Waals surface area contributed by atoms with E-state index in [4.69, 9.17) is 10.5 Å². The lowest BCUT2D eigenvalue weighted by atomic mass is 10.2. The molecule has 3 rings (SSSR count). The molecule has 0 bridgehead atoms. The summed E-state index contributed by atoms with van der Waals surface area (Å²) in [5.41, 5.74) is 5.66. The van der Waals surface area contributed by atoms with Gasteiger partial charge in [0.15, 0.2) is 0 Å². The maximum absolute atomic E-state index is 12.8. The quantitative estimate of drug-likeness (QED) is 0.442. The first-order valence-electron chi connectivity index (χ1n) is 9.36. The molecule has 0 fully saturated rings. The number of halogens is 3. The number of amidine groups is 1. The summed E-state index contributed by atoms with van der Waals surface area (Å²) in [6, 6.07) is 7.46. The van der Waals surface area contributed by atoms with Gasteiger partial charge < -0.3 is 15.8 Å². The van der Waals surface area contributed by atoms with Crippen LogP contribution in [-0.4, -0.2) is 52.4 Å². The highest BCUT2D eigenvalue weighted by Crippen LogP contribution is 2.26. The van der Waals surface area contributed by atoms with Crippen molar-refractivity contribution in [2.75, 3.05) is 14.1 Å². The van der Waals surface area contributed by atoms with Crippen LogP contribution in [-0.2, 0) is 6.54 Å². The van der Waals surface area contributed by atoms with Crippen molar-refractivity contribution in [2.24, 2.45) is 15.7 Å². The van der Waals surface area contributed by atoms with E-state index in [2.05, 4.69) is 25.3 Å². The third kappa shape index (κ3) is 5.46. The summed E-state index contributed by atoms with van der Waals surface area (Å²) in [5, 5.41) is 3.64. The number of aliphatic imine (C=N–C) groups is 2. The van der Waals surface area contributed by atoms with E-state index in [0.717, 1.165) is 12.7 Å². The van der Waals surface area contributed by atoms with Crippen molar-refractivity contribution in [1.29, 1.82) is 0 Å². The Bertz CT molecular complexity index is 1190. The van der Waals surface area contributed by atoms with Gasteiger partial charge in [0.2, 0.25) is 5.88 Å². The van der Waals surface area contributed by atoms with E-state index in [1.165, 1.54) is 17.1 Å². The molecule has 12 heteroatoms. The molecule has 0 saturated carbocycles. The molecule has 1 aromatic carbocycles. The average molecular weight is 447 g/mol. The fourth-order valence-corrected chi connectivity index (χ4v) is 2.88. The summed E-state index contributed by atoms with van der Waals surface area (Å²) in [6.45, 7) is 0.557. The van der Waals surface area contributed by atoms with Crippen molar-refractivity contribution in [1.82, 2.24) is 19.9 Å². The average Bonchev–Trinajstić information content (AvgIpc) is 3.15. The molecular weight excluding hydrogens is 427 g/mol. The Morgan fingerprint density at radius 2 is 2.03 bits per heavy atom. The van der Waals surface area contributed by atoms with Gasteiger partial charge in [-0.1, -0.05) is 0 Å². The highest BCUT2D eigenvalue weighted by molar-refractivity contribution is 6.09. The molecule has 2 aromatic heterocycles. The molecule has 9 nitrogen and oxygen atoms in total. The van der Waals surface area contributed by atoms with Crippen LogP contribution in [0.2, 0.25) is 0 Å². The largest absolute Gasteiger partial charge is 0.439 e. The smallest absolute Gasteiger partial charge is 0.429 e. The van der Waals surface area contributed by atoms with Crippen molar-refractivity contribution in [3.05, 3.63) is 48.5 Å². The SMILES string of the molecule is CN=C(CC(N)=NC(=O)n1ccc2cc(Oc3cc(CNC)ncn3)ccc21)C(F)(F)F. The summed E-state index contributed by atoms with van der Waals surface area (Å²) < 4.78 is 45.3. The third-order valence-electron chi connectivity index (χ3n) is 4.33. The minimum absolute atomic E-state index is 0.357. The molecule has 0 unspecified atom stereocenters. The van der Waals surface area contributed by atoms with Gasteiger partial charge in [-0.25, -0.2) is 14.8 Å². The number of carbonyl (C=O) groups is 1.